The number of benzene rings is 2. The largest absolute Gasteiger partial charge is 0.492 e. The number of carbonyl (C=O) groups is 3. The Bertz CT molecular complexity index is 2030. The highest BCUT2D eigenvalue weighted by Gasteiger charge is 2.37. The van der Waals surface area contributed by atoms with Gasteiger partial charge in [-0.3, -0.25) is 0 Å². The first-order chi connectivity index (χ1) is 26.8. The van der Waals surface area contributed by atoms with Crippen LogP contribution in [-0.2, 0) is 28.7 Å². The molecule has 0 saturated heterocycles. The lowest BCUT2D eigenvalue weighted by Crippen LogP contribution is -2.45. The molecule has 0 bridgehead atoms. The first-order valence-electron chi connectivity index (χ1n) is 20.2. The van der Waals surface area contributed by atoms with E-state index in [9.17, 15) is 22.8 Å². The molecule has 1 aliphatic rings. The zero-order valence-electron chi connectivity index (χ0n) is 36.6. The molecule has 0 spiro atoms. The Morgan fingerprint density at radius 2 is 1.43 bits per heavy atom. The lowest BCUT2D eigenvalue weighted by atomic mass is 10.1. The van der Waals surface area contributed by atoms with Gasteiger partial charge in [0, 0.05) is 17.4 Å². The van der Waals surface area contributed by atoms with Crippen LogP contribution in [0.4, 0.5) is 20.1 Å². The third kappa shape index (κ3) is 12.7. The Morgan fingerprint density at radius 1 is 0.845 bits per heavy atom. The molecule has 1 saturated carbocycles. The van der Waals surface area contributed by atoms with Crippen molar-refractivity contribution in [2.24, 2.45) is 0 Å². The fourth-order valence-electron chi connectivity index (χ4n) is 6.47. The van der Waals surface area contributed by atoms with Crippen LogP contribution in [0.25, 0.3) is 10.9 Å². The molecule has 3 aromatic rings. The molecular formula is C42H64N4O10SSi. The van der Waals surface area contributed by atoms with E-state index in [4.69, 9.17) is 23.4 Å². The summed E-state index contributed by atoms with van der Waals surface area (Å²) in [6, 6.07) is 14.5. The summed E-state index contributed by atoms with van der Waals surface area (Å²) in [4.78, 5) is 42.0. The maximum atomic E-state index is 13.9. The Balaban J connectivity index is 1.70. The minimum absolute atomic E-state index is 0.0387. The number of sulfonamides is 1. The van der Waals surface area contributed by atoms with Gasteiger partial charge in [0.1, 0.15) is 29.2 Å². The molecule has 4 rings (SSSR count). The quantitative estimate of drug-likeness (QED) is 0.106. The minimum Gasteiger partial charge on any atom is -0.492 e. The van der Waals surface area contributed by atoms with E-state index in [0.29, 0.717) is 21.1 Å². The second kappa shape index (κ2) is 18.0. The number of amides is 2. The molecule has 2 amide bonds. The van der Waals surface area contributed by atoms with Crippen LogP contribution in [-0.4, -0.2) is 92.5 Å². The van der Waals surface area contributed by atoms with Gasteiger partial charge in [-0.05, 0) is 123 Å². The van der Waals surface area contributed by atoms with Gasteiger partial charge in [-0.2, -0.15) is 14.1 Å². The molecule has 0 radical (unpaired) electrons. The van der Waals surface area contributed by atoms with E-state index in [1.807, 2.05) is 12.1 Å². The highest BCUT2D eigenvalue weighted by Crippen LogP contribution is 2.43. The van der Waals surface area contributed by atoms with Crippen LogP contribution >= 0.6 is 0 Å². The average molecular weight is 845 g/mol. The number of fused-ring (bicyclic) bond motifs is 1. The number of nitrogens with zero attached hydrogens (tertiary/aromatic N) is 4. The molecule has 0 unspecified atom stereocenters. The lowest BCUT2D eigenvalue weighted by Gasteiger charge is -2.37. The van der Waals surface area contributed by atoms with Crippen molar-refractivity contribution < 1.29 is 46.2 Å². The Labute approximate surface area is 345 Å². The van der Waals surface area contributed by atoms with E-state index in [2.05, 4.69) is 25.9 Å². The molecule has 58 heavy (non-hydrogen) atoms. The number of hydrogen-bond donors (Lipinski definition) is 0. The zero-order valence-corrected chi connectivity index (χ0v) is 38.4. The average Bonchev–Trinajstić information content (AvgIpc) is 3.86. The molecule has 2 aromatic carbocycles. The van der Waals surface area contributed by atoms with Crippen molar-refractivity contribution in [3.63, 3.8) is 0 Å². The summed E-state index contributed by atoms with van der Waals surface area (Å²) in [5, 5.41) is 5.51. The Kier molecular flexibility index (Phi) is 14.4. The number of carbonyl (C=O) groups excluding carboxylic acids is 3. The van der Waals surface area contributed by atoms with Gasteiger partial charge < -0.3 is 28.3 Å². The van der Waals surface area contributed by atoms with E-state index in [1.165, 1.54) is 15.6 Å². The van der Waals surface area contributed by atoms with Gasteiger partial charge in [0.25, 0.3) is 0 Å². The number of anilines is 1. The molecule has 1 aromatic heterocycles. The molecule has 1 aliphatic carbocycles. The highest BCUT2D eigenvalue weighted by molar-refractivity contribution is 7.92. The smallest absolute Gasteiger partial charge is 0.435 e. The van der Waals surface area contributed by atoms with Crippen LogP contribution in [0.2, 0.25) is 18.1 Å². The zero-order chi connectivity index (χ0) is 43.4. The number of aromatic nitrogens is 2. The van der Waals surface area contributed by atoms with Crippen LogP contribution in [0.15, 0.2) is 42.5 Å². The summed E-state index contributed by atoms with van der Waals surface area (Å²) in [5.74, 6) is 0.763. The summed E-state index contributed by atoms with van der Waals surface area (Å²) in [6.07, 6.45) is 0.0339. The summed E-state index contributed by atoms with van der Waals surface area (Å²) < 4.78 is 58.4. The van der Waals surface area contributed by atoms with E-state index in [0.717, 1.165) is 48.3 Å². The molecule has 16 heteroatoms. The van der Waals surface area contributed by atoms with Gasteiger partial charge >= 0.3 is 18.3 Å². The maximum Gasteiger partial charge on any atom is 0.435 e. The van der Waals surface area contributed by atoms with E-state index >= 15 is 0 Å². The molecule has 1 heterocycles. The van der Waals surface area contributed by atoms with Crippen LogP contribution in [0.5, 0.6) is 5.75 Å². The van der Waals surface area contributed by atoms with Crippen molar-refractivity contribution >= 4 is 53.2 Å². The summed E-state index contributed by atoms with van der Waals surface area (Å²) in [7, 11) is -6.48. The third-order valence-corrected chi connectivity index (χ3v) is 15.2. The van der Waals surface area contributed by atoms with Gasteiger partial charge in [-0.1, -0.05) is 32.9 Å². The maximum absolute atomic E-state index is 13.9. The first kappa shape index (κ1) is 46.5. The first-order valence-corrected chi connectivity index (χ1v) is 24.5. The second-order valence-electron chi connectivity index (χ2n) is 18.0. The fraction of sp³-hybridized carbons (Fsp3) is 0.619. The van der Waals surface area contributed by atoms with Crippen molar-refractivity contribution in [2.75, 3.05) is 30.3 Å². The van der Waals surface area contributed by atoms with E-state index < -0.39 is 59.5 Å². The second-order valence-corrected chi connectivity index (χ2v) is 24.5. The summed E-state index contributed by atoms with van der Waals surface area (Å²) in [6.45, 7) is 22.2. The van der Waals surface area contributed by atoms with Gasteiger partial charge in [0.05, 0.1) is 42.3 Å². The minimum atomic E-state index is -4.11. The topological polar surface area (TPSA) is 156 Å². The van der Waals surface area contributed by atoms with Crippen molar-refractivity contribution in [2.45, 2.75) is 143 Å². The molecule has 322 valence electrons. The SMILES string of the molecule is CC[Si](CC)(CC)O[C@@H](CN(CCOc1ccc2c(C3CC3)nn(C(=O)OC(C)(C)C)c2c1)C(=O)OC(C)(C)C)c1cccc(N(C(=O)OC(C)(C)C)S(C)(=O)=O)c1. The van der Waals surface area contributed by atoms with Crippen molar-refractivity contribution in [1.82, 2.24) is 14.7 Å². The Morgan fingerprint density at radius 3 is 1.97 bits per heavy atom. The van der Waals surface area contributed by atoms with Crippen molar-refractivity contribution in [3.05, 3.63) is 53.7 Å². The predicted octanol–water partition coefficient (Wildman–Crippen LogP) is 9.78. The normalized spacial score (nSPS) is 14.5. The van der Waals surface area contributed by atoms with Crippen molar-refractivity contribution in [1.29, 1.82) is 0 Å². The van der Waals surface area contributed by atoms with Crippen LogP contribution in [0, 0.1) is 0 Å². The molecule has 1 fully saturated rings. The molecular weight excluding hydrogens is 781 g/mol. The predicted molar refractivity (Wildman–Crippen MR) is 228 cm³/mol. The van der Waals surface area contributed by atoms with Gasteiger partial charge in [0.2, 0.25) is 10.0 Å². The molecule has 0 N–H and O–H groups in total. The summed E-state index contributed by atoms with van der Waals surface area (Å²) in [5.41, 5.74) is -0.388. The number of hydrogen-bond acceptors (Lipinski definition) is 11. The van der Waals surface area contributed by atoms with E-state index in [-0.39, 0.29) is 31.3 Å². The summed E-state index contributed by atoms with van der Waals surface area (Å²) >= 11 is 0. The lowest BCUT2D eigenvalue weighted by molar-refractivity contribution is 0.0131. The molecule has 1 atom stereocenters. The fourth-order valence-corrected chi connectivity index (χ4v) is 10.1. The van der Waals surface area contributed by atoms with Gasteiger partial charge in [-0.25, -0.2) is 22.8 Å². The molecule has 0 aliphatic heterocycles. The number of rotatable bonds is 15. The van der Waals surface area contributed by atoms with E-state index in [1.54, 1.807) is 86.6 Å². The van der Waals surface area contributed by atoms with Crippen LogP contribution < -0.4 is 9.04 Å². The van der Waals surface area contributed by atoms with Gasteiger partial charge in [0.15, 0.2) is 8.32 Å². The third-order valence-electron chi connectivity index (χ3n) is 9.57. The highest BCUT2D eigenvalue weighted by atomic mass is 32.2. The van der Waals surface area contributed by atoms with Crippen LogP contribution in [0.3, 0.4) is 0 Å². The number of ether oxygens (including phenoxy) is 4. The van der Waals surface area contributed by atoms with Crippen molar-refractivity contribution in [3.8, 4) is 5.75 Å². The van der Waals surface area contributed by atoms with Gasteiger partial charge in [-0.15, -0.1) is 0 Å². The van der Waals surface area contributed by atoms with Crippen LogP contribution in [0.1, 0.15) is 119 Å². The molecule has 14 nitrogen and oxygen atoms in total. The monoisotopic (exact) mass is 844 g/mol. The standard InChI is InChI=1S/C42H64N4O10SSi/c1-14-58(15-2,16-3)56-35(30-18-17-19-31(26-30)46(57(13,50)51)39(49)55-42(10,11)12)28-44(37(47)53-40(4,5)6)24-25-52-32-22-23-33-34(27-32)45(38(48)54-41(7,8)9)43-36(33)29-20-21-29/h17-19,22-23,26-27,29,35H,14-16,20-21,24-25,28H2,1-13H3/t35-/m0/s1. The Hall–Kier alpha value is -4.15.